The third-order valence-electron chi connectivity index (χ3n) is 7.17. The molecule has 6 rings (SSSR count). The summed E-state index contributed by atoms with van der Waals surface area (Å²) in [6.07, 6.45) is 2.96. The molecule has 3 N–H and O–H groups in total. The Bertz CT molecular complexity index is 980. The van der Waals surface area contributed by atoms with Crippen LogP contribution in [0.5, 0.6) is 0 Å². The van der Waals surface area contributed by atoms with Crippen LogP contribution in [0.1, 0.15) is 24.6 Å². The number of fused-ring (bicyclic) bond motifs is 4. The zero-order chi connectivity index (χ0) is 19.0. The summed E-state index contributed by atoms with van der Waals surface area (Å²) in [4.78, 5) is 18.4. The summed E-state index contributed by atoms with van der Waals surface area (Å²) in [5.74, 6) is -0.645. The average molecular weight is 368 g/mol. The topological polar surface area (TPSA) is 85.8 Å². The van der Waals surface area contributed by atoms with Crippen LogP contribution in [0, 0.1) is 11.3 Å². The number of esters is 1. The molecule has 6 nitrogen and oxygen atoms in total. The van der Waals surface area contributed by atoms with Gasteiger partial charge < -0.3 is 19.9 Å². The van der Waals surface area contributed by atoms with Gasteiger partial charge >= 0.3 is 5.97 Å². The Kier molecular flexibility index (Phi) is 3.42. The minimum Gasteiger partial charge on any atom is -0.468 e. The largest absolute Gasteiger partial charge is 0.468 e. The molecule has 2 aromatic rings. The van der Waals surface area contributed by atoms with E-state index in [9.17, 15) is 15.0 Å². The Balaban J connectivity index is 1.78. The molecule has 27 heavy (non-hydrogen) atoms. The summed E-state index contributed by atoms with van der Waals surface area (Å²) in [6, 6.07) is 7.69. The number of carbonyl (C=O) groups excluding carboxylic acids is 1. The van der Waals surface area contributed by atoms with E-state index in [0.29, 0.717) is 19.4 Å². The zero-order valence-corrected chi connectivity index (χ0v) is 15.5. The van der Waals surface area contributed by atoms with Gasteiger partial charge in [-0.15, -0.1) is 0 Å². The monoisotopic (exact) mass is 368 g/mol. The molecule has 1 aromatic carbocycles. The number of carbonyl (C=O) groups is 1. The van der Waals surface area contributed by atoms with Gasteiger partial charge in [0.1, 0.15) is 5.41 Å². The highest BCUT2D eigenvalue weighted by molar-refractivity contribution is 5.86. The number of hydrogen-bond donors (Lipinski definition) is 3. The molecule has 0 spiro atoms. The molecule has 1 aromatic heterocycles. The highest BCUT2D eigenvalue weighted by Crippen LogP contribution is 2.61. The van der Waals surface area contributed by atoms with Crippen LogP contribution < -0.4 is 0 Å². The molecule has 5 atom stereocenters. The number of allylic oxidation sites excluding steroid dienone is 1. The quantitative estimate of drug-likeness (QED) is 0.555. The van der Waals surface area contributed by atoms with Crippen LogP contribution in [-0.2, 0) is 21.7 Å². The van der Waals surface area contributed by atoms with Crippen LogP contribution in [0.3, 0.4) is 0 Å². The number of hydrogen-bond acceptors (Lipinski definition) is 5. The third-order valence-corrected chi connectivity index (χ3v) is 7.17. The number of ether oxygens (including phenoxy) is 1. The molecule has 142 valence electrons. The fraction of sp³-hybridized carbons (Fsp3) is 0.476. The average Bonchev–Trinajstić information content (AvgIpc) is 3.07. The molecule has 3 saturated heterocycles. The molecule has 6 heteroatoms. The van der Waals surface area contributed by atoms with Crippen LogP contribution in [0.4, 0.5) is 0 Å². The van der Waals surface area contributed by atoms with Gasteiger partial charge in [0.15, 0.2) is 5.72 Å². The summed E-state index contributed by atoms with van der Waals surface area (Å²) < 4.78 is 5.17. The first-order chi connectivity index (χ1) is 13.0. The van der Waals surface area contributed by atoms with Crippen molar-refractivity contribution in [2.45, 2.75) is 31.5 Å². The van der Waals surface area contributed by atoms with Crippen molar-refractivity contribution < 1.29 is 19.7 Å². The first-order valence-electron chi connectivity index (χ1n) is 9.44. The third kappa shape index (κ3) is 1.83. The minimum absolute atomic E-state index is 0.250. The van der Waals surface area contributed by atoms with E-state index in [1.165, 1.54) is 7.11 Å². The van der Waals surface area contributed by atoms with Gasteiger partial charge in [-0.05, 0) is 25.0 Å². The van der Waals surface area contributed by atoms with E-state index in [2.05, 4.69) is 4.98 Å². The summed E-state index contributed by atoms with van der Waals surface area (Å²) in [5, 5.41) is 23.3. The predicted octanol–water partition coefficient (Wildman–Crippen LogP) is 1.67. The maximum Gasteiger partial charge on any atom is 0.316 e. The van der Waals surface area contributed by atoms with Crippen molar-refractivity contribution in [3.63, 3.8) is 0 Å². The van der Waals surface area contributed by atoms with E-state index in [-0.39, 0.29) is 18.6 Å². The normalized spacial score (nSPS) is 38.2. The van der Waals surface area contributed by atoms with Gasteiger partial charge in [0, 0.05) is 35.8 Å². The van der Waals surface area contributed by atoms with Crippen LogP contribution >= 0.6 is 0 Å². The number of benzene rings is 1. The highest BCUT2D eigenvalue weighted by atomic mass is 16.5. The number of H-pyrrole nitrogens is 1. The van der Waals surface area contributed by atoms with Crippen molar-refractivity contribution >= 4 is 16.9 Å². The number of nitrogens with zero attached hydrogens (tertiary/aromatic N) is 1. The SMILES string of the molecule is C/C=C1/CN2[C@H]3Cc4c([nH]c5ccccc45)[C@]2(O)C[C@@H]1[C@]3(CO)C(=O)OC. The van der Waals surface area contributed by atoms with Gasteiger partial charge in [0.25, 0.3) is 0 Å². The molecule has 4 aliphatic heterocycles. The second-order valence-electron chi connectivity index (χ2n) is 8.00. The molecular weight excluding hydrogens is 344 g/mol. The number of para-hydroxylation sites is 1. The van der Waals surface area contributed by atoms with Crippen molar-refractivity contribution in [3.05, 3.63) is 47.2 Å². The molecule has 0 aliphatic carbocycles. The summed E-state index contributed by atoms with van der Waals surface area (Å²) >= 11 is 0. The molecule has 5 heterocycles. The minimum atomic E-state index is -1.17. The van der Waals surface area contributed by atoms with Crippen LogP contribution in [0.25, 0.3) is 10.9 Å². The molecule has 0 radical (unpaired) electrons. The number of aliphatic hydroxyl groups excluding tert-OH is 1. The first kappa shape index (κ1) is 17.0. The number of nitrogens with one attached hydrogen (secondary N) is 1. The van der Waals surface area contributed by atoms with Gasteiger partial charge in [-0.1, -0.05) is 29.8 Å². The van der Waals surface area contributed by atoms with E-state index < -0.39 is 17.1 Å². The fourth-order valence-corrected chi connectivity index (χ4v) is 5.89. The Morgan fingerprint density at radius 2 is 2.22 bits per heavy atom. The number of methoxy groups -OCH3 is 1. The smallest absolute Gasteiger partial charge is 0.316 e. The Hall–Kier alpha value is -2.15. The first-order valence-corrected chi connectivity index (χ1v) is 9.44. The summed E-state index contributed by atoms with van der Waals surface area (Å²) in [7, 11) is 1.37. The standard InChI is InChI=1S/C21H24N2O4/c1-3-12-10-23-17-8-14-13-6-4-5-7-16(13)22-18(14)21(23,26)9-15(12)20(17,11-24)19(25)27-2/h3-7,15,17,22,24,26H,8-11H2,1-2H3/b12-3-/t15-,17-,20-,21+/m0/s1. The van der Waals surface area contributed by atoms with Crippen molar-refractivity contribution in [2.24, 2.45) is 11.3 Å². The van der Waals surface area contributed by atoms with Crippen molar-refractivity contribution in [1.29, 1.82) is 0 Å². The molecule has 3 fully saturated rings. The lowest BCUT2D eigenvalue weighted by atomic mass is 9.54. The molecule has 4 aliphatic rings. The van der Waals surface area contributed by atoms with Gasteiger partial charge in [0.2, 0.25) is 0 Å². The Morgan fingerprint density at radius 3 is 2.93 bits per heavy atom. The zero-order valence-electron chi connectivity index (χ0n) is 15.5. The van der Waals surface area contributed by atoms with E-state index in [4.69, 9.17) is 4.74 Å². The number of piperidine rings is 3. The van der Waals surface area contributed by atoms with E-state index >= 15 is 0 Å². The lowest BCUT2D eigenvalue weighted by Crippen LogP contribution is -2.75. The van der Waals surface area contributed by atoms with Gasteiger partial charge in [-0.3, -0.25) is 9.69 Å². The van der Waals surface area contributed by atoms with Crippen molar-refractivity contribution in [2.75, 3.05) is 20.3 Å². The number of aromatic nitrogens is 1. The molecule has 1 unspecified atom stereocenters. The number of rotatable bonds is 2. The Morgan fingerprint density at radius 1 is 1.44 bits per heavy atom. The molecule has 0 amide bonds. The lowest BCUT2D eigenvalue weighted by molar-refractivity contribution is -0.252. The van der Waals surface area contributed by atoms with Gasteiger partial charge in [-0.2, -0.15) is 0 Å². The van der Waals surface area contributed by atoms with Crippen LogP contribution in [-0.4, -0.2) is 52.4 Å². The van der Waals surface area contributed by atoms with E-state index in [1.807, 2.05) is 42.2 Å². The predicted molar refractivity (Wildman–Crippen MR) is 99.8 cm³/mol. The van der Waals surface area contributed by atoms with Crippen molar-refractivity contribution in [3.8, 4) is 0 Å². The summed E-state index contributed by atoms with van der Waals surface area (Å²) in [5.41, 5.74) is 1.71. The van der Waals surface area contributed by atoms with E-state index in [1.54, 1.807) is 0 Å². The lowest BCUT2D eigenvalue weighted by Gasteiger charge is -2.65. The number of aromatic amines is 1. The van der Waals surface area contributed by atoms with Crippen molar-refractivity contribution in [1.82, 2.24) is 9.88 Å². The van der Waals surface area contributed by atoms with Crippen LogP contribution in [0.2, 0.25) is 0 Å². The fourth-order valence-electron chi connectivity index (χ4n) is 5.89. The Labute approximate surface area is 157 Å². The maximum absolute atomic E-state index is 13.0. The van der Waals surface area contributed by atoms with Crippen LogP contribution in [0.15, 0.2) is 35.9 Å². The number of aliphatic hydroxyl groups is 2. The highest BCUT2D eigenvalue weighted by Gasteiger charge is 2.69. The summed E-state index contributed by atoms with van der Waals surface area (Å²) in [6.45, 7) is 2.25. The molecule has 4 bridgehead atoms. The van der Waals surface area contributed by atoms with Gasteiger partial charge in [-0.25, -0.2) is 0 Å². The molecular formula is C21H24N2O4. The van der Waals surface area contributed by atoms with Gasteiger partial charge in [0.05, 0.1) is 19.4 Å². The second-order valence-corrected chi connectivity index (χ2v) is 8.00. The van der Waals surface area contributed by atoms with E-state index in [0.717, 1.165) is 27.7 Å². The maximum atomic E-state index is 13.0. The molecule has 0 saturated carbocycles. The second kappa shape index (κ2) is 5.44.